The van der Waals surface area contributed by atoms with Gasteiger partial charge in [-0.25, -0.2) is 4.90 Å². The van der Waals surface area contributed by atoms with Gasteiger partial charge in [0.1, 0.15) is 0 Å². The van der Waals surface area contributed by atoms with Gasteiger partial charge in [0.15, 0.2) is 0 Å². The summed E-state index contributed by atoms with van der Waals surface area (Å²) in [5, 5.41) is 49.9. The van der Waals surface area contributed by atoms with Crippen molar-refractivity contribution < 1.29 is 63.9 Å². The molecule has 0 aliphatic carbocycles. The molecule has 18 heteroatoms. The van der Waals surface area contributed by atoms with E-state index >= 15 is 0 Å². The van der Waals surface area contributed by atoms with Gasteiger partial charge in [0.2, 0.25) is 0 Å². The van der Waals surface area contributed by atoms with Crippen molar-refractivity contribution in [2.75, 3.05) is 56.0 Å². The first-order chi connectivity index (χ1) is 24.0. The third-order valence-corrected chi connectivity index (χ3v) is 7.64. The average molecular weight is 712 g/mol. The maximum absolute atomic E-state index is 13.0. The van der Waals surface area contributed by atoms with Crippen molar-refractivity contribution in [3.05, 3.63) is 71.8 Å². The fraction of sp³-hybridized carbons (Fsp3) is 0.333. The number of imide groups is 1. The van der Waals surface area contributed by atoms with Crippen LogP contribution >= 0.6 is 0 Å². The minimum absolute atomic E-state index is 0.0351. The Morgan fingerprint density at radius 1 is 0.686 bits per heavy atom. The number of anilines is 2. The second-order valence-electron chi connectivity index (χ2n) is 11.7. The Hall–Kier alpha value is -5.98. The monoisotopic (exact) mass is 711 g/mol. The van der Waals surface area contributed by atoms with Crippen LogP contribution in [0.1, 0.15) is 22.8 Å². The highest BCUT2D eigenvalue weighted by atomic mass is 16.4. The van der Waals surface area contributed by atoms with E-state index < -0.39 is 92.4 Å². The van der Waals surface area contributed by atoms with Gasteiger partial charge in [-0.05, 0) is 49.2 Å². The van der Waals surface area contributed by atoms with Gasteiger partial charge in [-0.1, -0.05) is 18.2 Å². The van der Waals surface area contributed by atoms with E-state index in [1.165, 1.54) is 29.2 Å². The largest absolute Gasteiger partial charge is 0.480 e. The number of nitrogens with zero attached hydrogens (tertiary/aromatic N) is 4. The summed E-state index contributed by atoms with van der Waals surface area (Å²) in [6, 6.07) is 10.5. The zero-order valence-electron chi connectivity index (χ0n) is 27.4. The normalized spacial score (nSPS) is 13.8. The van der Waals surface area contributed by atoms with Crippen LogP contribution in [0.5, 0.6) is 0 Å². The van der Waals surface area contributed by atoms with Crippen molar-refractivity contribution in [1.29, 1.82) is 0 Å². The summed E-state index contributed by atoms with van der Waals surface area (Å²) in [5.74, 6) is -8.23. The van der Waals surface area contributed by atoms with E-state index in [1.807, 2.05) is 0 Å². The highest BCUT2D eigenvalue weighted by Gasteiger charge is 2.31. The maximum Gasteiger partial charge on any atom is 0.317 e. The predicted octanol–water partition coefficient (Wildman–Crippen LogP) is -0.00310. The Kier molecular flexibility index (Phi) is 14.0. The molecule has 1 aliphatic rings. The molecule has 272 valence electrons. The smallest absolute Gasteiger partial charge is 0.317 e. The minimum atomic E-state index is -1.33. The van der Waals surface area contributed by atoms with Crippen molar-refractivity contribution in [1.82, 2.24) is 14.7 Å². The molecule has 2 aromatic rings. The molecular weight excluding hydrogens is 674 g/mol. The van der Waals surface area contributed by atoms with E-state index in [1.54, 1.807) is 31.2 Å². The highest BCUT2D eigenvalue weighted by Crippen LogP contribution is 2.22. The summed E-state index contributed by atoms with van der Waals surface area (Å²) in [6.07, 6.45) is 2.27. The van der Waals surface area contributed by atoms with Crippen molar-refractivity contribution in [2.45, 2.75) is 25.4 Å². The minimum Gasteiger partial charge on any atom is -0.480 e. The Labute approximate surface area is 290 Å². The molecule has 0 aromatic heterocycles. The van der Waals surface area contributed by atoms with Crippen LogP contribution in [0.3, 0.4) is 0 Å². The second-order valence-corrected chi connectivity index (χ2v) is 11.7. The van der Waals surface area contributed by atoms with Crippen molar-refractivity contribution in [3.8, 4) is 0 Å². The first-order valence-electron chi connectivity index (χ1n) is 15.4. The number of rotatable bonds is 21. The number of hydrogen-bond acceptors (Lipinski definition) is 11. The number of amides is 3. The van der Waals surface area contributed by atoms with Gasteiger partial charge in [0, 0.05) is 48.6 Å². The molecular formula is C33H37N5O13. The molecule has 2 atom stereocenters. The maximum atomic E-state index is 13.0. The molecule has 1 aliphatic heterocycles. The predicted molar refractivity (Wildman–Crippen MR) is 177 cm³/mol. The summed E-state index contributed by atoms with van der Waals surface area (Å²) in [4.78, 5) is 99.7. The van der Waals surface area contributed by atoms with Crippen LogP contribution in [0.25, 0.3) is 0 Å². The highest BCUT2D eigenvalue weighted by molar-refractivity contribution is 6.28. The number of hydrogen-bond donors (Lipinski definition) is 6. The molecule has 0 bridgehead atoms. The van der Waals surface area contributed by atoms with Crippen LogP contribution in [0.15, 0.2) is 60.7 Å². The first kappa shape index (κ1) is 39.5. The van der Waals surface area contributed by atoms with Gasteiger partial charge in [0.05, 0.1) is 38.4 Å². The zero-order chi connectivity index (χ0) is 37.8. The van der Waals surface area contributed by atoms with Crippen molar-refractivity contribution in [3.63, 3.8) is 0 Å². The van der Waals surface area contributed by atoms with Gasteiger partial charge < -0.3 is 30.8 Å². The van der Waals surface area contributed by atoms with E-state index in [9.17, 15) is 63.9 Å². The van der Waals surface area contributed by atoms with Gasteiger partial charge in [-0.3, -0.25) is 53.1 Å². The SMILES string of the molecule is C[C@@H](CN(CC(=O)O)CC(=O)O)N(CC(=O)O)[C@H](Cc1ccc(NC(=O)c2cccc(N3C(=O)C=CC3=O)c2)cc1)CN(CC(=O)O)CC(=O)O. The van der Waals surface area contributed by atoms with Gasteiger partial charge in [-0.15, -0.1) is 0 Å². The lowest BCUT2D eigenvalue weighted by molar-refractivity contribution is -0.144. The molecule has 0 radical (unpaired) electrons. The number of aliphatic carboxylic acids is 5. The molecule has 3 rings (SSSR count). The molecule has 0 saturated heterocycles. The second kappa shape index (κ2) is 18.1. The van der Waals surface area contributed by atoms with E-state index in [-0.39, 0.29) is 30.8 Å². The Morgan fingerprint density at radius 2 is 1.18 bits per heavy atom. The molecule has 0 unspecified atom stereocenters. The summed E-state index contributed by atoms with van der Waals surface area (Å²) < 4.78 is 0. The summed E-state index contributed by atoms with van der Waals surface area (Å²) in [6.45, 7) is -2.23. The molecule has 3 amide bonds. The lowest BCUT2D eigenvalue weighted by Gasteiger charge is -2.39. The first-order valence-corrected chi connectivity index (χ1v) is 15.4. The van der Waals surface area contributed by atoms with Crippen molar-refractivity contribution >= 4 is 58.9 Å². The topological polar surface area (TPSA) is 263 Å². The molecule has 6 N–H and O–H groups in total. The molecule has 1 heterocycles. The molecule has 0 saturated carbocycles. The Bertz CT molecular complexity index is 1640. The lowest BCUT2D eigenvalue weighted by atomic mass is 10.0. The molecule has 51 heavy (non-hydrogen) atoms. The summed E-state index contributed by atoms with van der Waals surface area (Å²) in [5.41, 5.74) is 1.27. The van der Waals surface area contributed by atoms with Gasteiger partial charge in [-0.2, -0.15) is 0 Å². The van der Waals surface area contributed by atoms with Gasteiger partial charge in [0.25, 0.3) is 17.7 Å². The Balaban J connectivity index is 1.88. The Morgan fingerprint density at radius 3 is 1.67 bits per heavy atom. The fourth-order valence-electron chi connectivity index (χ4n) is 5.64. The van der Waals surface area contributed by atoms with E-state index in [0.717, 1.165) is 26.9 Å². The lowest BCUT2D eigenvalue weighted by Crippen LogP contribution is -2.55. The number of nitrogens with one attached hydrogen (secondary N) is 1. The van der Waals surface area contributed by atoms with Crippen LogP contribution in [-0.4, -0.2) is 146 Å². The number of carboxylic acids is 5. The molecule has 2 aromatic carbocycles. The standard InChI is InChI=1S/C33H37N5O13/c1-20(13-35(15-28(41)42)16-29(43)44)37(19-32(49)50)25(14-36(17-30(45)46)18-31(47)48)11-21-5-7-23(8-6-21)34-33(51)22-3-2-4-24(12-22)38-26(39)9-10-27(38)40/h2-10,12,20,25H,11,13-19H2,1H3,(H,34,51)(H,41,42)(H,43,44)(H,45,46)(H,47,48)(H,49,50)/t20-,25+/m0/s1. The number of carbonyl (C=O) groups excluding carboxylic acids is 3. The van der Waals surface area contributed by atoms with E-state index in [2.05, 4.69) is 5.32 Å². The van der Waals surface area contributed by atoms with Crippen LogP contribution in [-0.2, 0) is 40.0 Å². The van der Waals surface area contributed by atoms with Crippen LogP contribution in [0.2, 0.25) is 0 Å². The van der Waals surface area contributed by atoms with E-state index in [0.29, 0.717) is 11.3 Å². The third kappa shape index (κ3) is 12.4. The van der Waals surface area contributed by atoms with Crippen LogP contribution in [0, 0.1) is 0 Å². The molecule has 18 nitrogen and oxygen atoms in total. The number of carboxylic acid groups (broad SMARTS) is 5. The third-order valence-electron chi connectivity index (χ3n) is 7.64. The molecule has 0 spiro atoms. The molecule has 0 fully saturated rings. The average Bonchev–Trinajstić information content (AvgIpc) is 3.36. The van der Waals surface area contributed by atoms with E-state index in [4.69, 9.17) is 0 Å². The summed E-state index contributed by atoms with van der Waals surface area (Å²) >= 11 is 0. The van der Waals surface area contributed by atoms with Crippen molar-refractivity contribution in [2.24, 2.45) is 0 Å². The number of carbonyl (C=O) groups is 8. The quantitative estimate of drug-likeness (QED) is 0.0931. The fourth-order valence-corrected chi connectivity index (χ4v) is 5.64. The van der Waals surface area contributed by atoms with Crippen LogP contribution in [0.4, 0.5) is 11.4 Å². The van der Waals surface area contributed by atoms with Crippen LogP contribution < -0.4 is 10.2 Å². The zero-order valence-corrected chi connectivity index (χ0v) is 27.4. The number of benzene rings is 2. The van der Waals surface area contributed by atoms with Gasteiger partial charge >= 0.3 is 29.8 Å². The summed E-state index contributed by atoms with van der Waals surface area (Å²) in [7, 11) is 0.